The van der Waals surface area contributed by atoms with Gasteiger partial charge in [0.1, 0.15) is 11.5 Å². The molecule has 0 saturated heterocycles. The minimum absolute atomic E-state index is 0.149. The van der Waals surface area contributed by atoms with Crippen LogP contribution in [0.15, 0.2) is 54.6 Å². The van der Waals surface area contributed by atoms with Gasteiger partial charge in [-0.2, -0.15) is 0 Å². The molecule has 9 heteroatoms. The van der Waals surface area contributed by atoms with Gasteiger partial charge in [-0.05, 0) is 37.1 Å². The predicted octanol–water partition coefficient (Wildman–Crippen LogP) is 7.38. The number of aromatic hydroxyl groups is 1. The quantitative estimate of drug-likeness (QED) is 0.0337. The Labute approximate surface area is 255 Å². The lowest BCUT2D eigenvalue weighted by Gasteiger charge is -2.15. The van der Waals surface area contributed by atoms with Crippen LogP contribution in [0.3, 0.4) is 0 Å². The Morgan fingerprint density at radius 2 is 1.44 bits per heavy atom. The molecule has 0 aliphatic carbocycles. The molecule has 0 spiro atoms. The van der Waals surface area contributed by atoms with Crippen molar-refractivity contribution in [1.29, 1.82) is 0 Å². The molecule has 0 radical (unpaired) electrons. The first-order valence-electron chi connectivity index (χ1n) is 15.7. The maximum Gasteiger partial charge on any atom is 0.262 e. The molecule has 3 aromatic rings. The number of anilines is 3. The van der Waals surface area contributed by atoms with Crippen LogP contribution in [0.4, 0.5) is 17.1 Å². The summed E-state index contributed by atoms with van der Waals surface area (Å²) in [6.07, 6.45) is 14.5. The molecule has 3 rings (SSSR count). The molecule has 5 N–H and O–H groups in total. The molecule has 2 amide bonds. The van der Waals surface area contributed by atoms with Gasteiger partial charge in [0, 0.05) is 42.3 Å². The van der Waals surface area contributed by atoms with Gasteiger partial charge in [0.15, 0.2) is 6.61 Å². The molecule has 0 saturated carbocycles. The second-order valence-electron chi connectivity index (χ2n) is 10.7. The zero-order chi connectivity index (χ0) is 30.5. The molecule has 0 aliphatic rings. The third-order valence-corrected chi connectivity index (χ3v) is 7.20. The van der Waals surface area contributed by atoms with Crippen LogP contribution in [0.25, 0.3) is 10.8 Å². The van der Waals surface area contributed by atoms with E-state index in [1.807, 2.05) is 24.3 Å². The summed E-state index contributed by atoms with van der Waals surface area (Å²) in [4.78, 5) is 23.0. The standard InChI is InChI=1S/C34H48N4O5/c1-2-3-4-5-6-7-8-9-10-13-22-42-23-14-21-35-31-24-32(29-15-11-12-16-30(29)34(31)41)43-25-33(40)37-27-17-19-28(20-18-27)38-36-26-39/h11-12,15-20,24,26,35,38,41H,2-10,13-14,21-23,25H2,1H3,(H,36,39)(H,37,40). The molecule has 0 fully saturated rings. The molecule has 3 aromatic carbocycles. The minimum atomic E-state index is -0.321. The first-order valence-corrected chi connectivity index (χ1v) is 15.7. The highest BCUT2D eigenvalue weighted by molar-refractivity contribution is 5.98. The SMILES string of the molecule is CCCCCCCCCCCCOCCCNc1cc(OCC(=O)Nc2ccc(NNC=O)cc2)c2ccccc2c1O. The lowest BCUT2D eigenvalue weighted by molar-refractivity contribution is -0.118. The second-order valence-corrected chi connectivity index (χ2v) is 10.7. The molecule has 43 heavy (non-hydrogen) atoms. The van der Waals surface area contributed by atoms with Gasteiger partial charge in [0.25, 0.3) is 5.91 Å². The van der Waals surface area contributed by atoms with Gasteiger partial charge in [-0.15, -0.1) is 0 Å². The van der Waals surface area contributed by atoms with Gasteiger partial charge in [0.05, 0.1) is 11.4 Å². The average Bonchev–Trinajstić information content (AvgIpc) is 3.03. The van der Waals surface area contributed by atoms with Crippen LogP contribution >= 0.6 is 0 Å². The highest BCUT2D eigenvalue weighted by Crippen LogP contribution is 2.39. The van der Waals surface area contributed by atoms with Crippen molar-refractivity contribution in [3.05, 3.63) is 54.6 Å². The van der Waals surface area contributed by atoms with E-state index in [4.69, 9.17) is 9.47 Å². The Kier molecular flexibility index (Phi) is 15.6. The number of phenolic OH excluding ortho intramolecular Hbond substituents is 1. The fourth-order valence-electron chi connectivity index (χ4n) is 4.86. The number of carbonyl (C=O) groups is 2. The lowest BCUT2D eigenvalue weighted by atomic mass is 10.1. The van der Waals surface area contributed by atoms with E-state index in [2.05, 4.69) is 28.4 Å². The number of fused-ring (bicyclic) bond motifs is 1. The van der Waals surface area contributed by atoms with Crippen molar-refractivity contribution in [2.75, 3.05) is 42.4 Å². The number of unbranched alkanes of at least 4 members (excludes halogenated alkanes) is 9. The molecule has 0 aliphatic heterocycles. The number of hydrazine groups is 1. The van der Waals surface area contributed by atoms with Crippen molar-refractivity contribution in [2.24, 2.45) is 0 Å². The molecule has 0 aromatic heterocycles. The number of amides is 2. The van der Waals surface area contributed by atoms with Crippen molar-refractivity contribution in [1.82, 2.24) is 5.43 Å². The van der Waals surface area contributed by atoms with E-state index < -0.39 is 0 Å². The number of ether oxygens (including phenoxy) is 2. The summed E-state index contributed by atoms with van der Waals surface area (Å²) < 4.78 is 11.7. The van der Waals surface area contributed by atoms with Crippen molar-refractivity contribution in [2.45, 2.75) is 77.6 Å². The van der Waals surface area contributed by atoms with Crippen LogP contribution in [-0.2, 0) is 14.3 Å². The summed E-state index contributed by atoms with van der Waals surface area (Å²) in [6.45, 7) is 4.14. The zero-order valence-electron chi connectivity index (χ0n) is 25.5. The lowest BCUT2D eigenvalue weighted by Crippen LogP contribution is -2.21. The van der Waals surface area contributed by atoms with Crippen LogP contribution < -0.4 is 26.2 Å². The maximum absolute atomic E-state index is 12.6. The third-order valence-electron chi connectivity index (χ3n) is 7.20. The molecule has 0 unspecified atom stereocenters. The van der Waals surface area contributed by atoms with Crippen LogP contribution in [-0.4, -0.2) is 43.8 Å². The minimum Gasteiger partial charge on any atom is -0.505 e. The Hall–Kier alpha value is -3.98. The van der Waals surface area contributed by atoms with E-state index in [0.717, 1.165) is 24.8 Å². The molecule has 0 bridgehead atoms. The first-order chi connectivity index (χ1) is 21.1. The summed E-state index contributed by atoms with van der Waals surface area (Å²) in [6, 6.07) is 16.0. The zero-order valence-corrected chi connectivity index (χ0v) is 25.5. The Bertz CT molecular complexity index is 1240. The van der Waals surface area contributed by atoms with Gasteiger partial charge in [-0.1, -0.05) is 89.0 Å². The largest absolute Gasteiger partial charge is 0.505 e. The molecule has 0 atom stereocenters. The van der Waals surface area contributed by atoms with Crippen molar-refractivity contribution < 1.29 is 24.2 Å². The van der Waals surface area contributed by atoms with E-state index >= 15 is 0 Å². The molecular formula is C34H48N4O5. The summed E-state index contributed by atoms with van der Waals surface area (Å²) in [5.41, 5.74) is 6.89. The van der Waals surface area contributed by atoms with Crippen LogP contribution in [0.5, 0.6) is 11.5 Å². The van der Waals surface area contributed by atoms with E-state index in [-0.39, 0.29) is 18.3 Å². The van der Waals surface area contributed by atoms with Gasteiger partial charge in [-0.25, -0.2) is 0 Å². The van der Waals surface area contributed by atoms with Crippen LogP contribution in [0, 0.1) is 0 Å². The van der Waals surface area contributed by atoms with Crippen molar-refractivity contribution in [3.8, 4) is 11.5 Å². The Morgan fingerprint density at radius 3 is 2.14 bits per heavy atom. The number of rotatable bonds is 23. The van der Waals surface area contributed by atoms with E-state index in [0.29, 0.717) is 47.8 Å². The highest BCUT2D eigenvalue weighted by Gasteiger charge is 2.13. The summed E-state index contributed by atoms with van der Waals surface area (Å²) in [7, 11) is 0. The smallest absolute Gasteiger partial charge is 0.262 e. The summed E-state index contributed by atoms with van der Waals surface area (Å²) in [5, 5.41) is 18.3. The molecular weight excluding hydrogens is 544 g/mol. The molecule has 9 nitrogen and oxygen atoms in total. The Morgan fingerprint density at radius 1 is 0.814 bits per heavy atom. The van der Waals surface area contributed by atoms with Gasteiger partial charge in [0.2, 0.25) is 6.41 Å². The fraction of sp³-hybridized carbons (Fsp3) is 0.471. The van der Waals surface area contributed by atoms with Crippen LogP contribution in [0.1, 0.15) is 77.6 Å². The number of hydrogen-bond acceptors (Lipinski definition) is 7. The summed E-state index contributed by atoms with van der Waals surface area (Å²) >= 11 is 0. The third kappa shape index (κ3) is 12.4. The number of phenols is 1. The second kappa shape index (κ2) is 20.0. The van der Waals surface area contributed by atoms with Crippen molar-refractivity contribution in [3.63, 3.8) is 0 Å². The monoisotopic (exact) mass is 592 g/mol. The van der Waals surface area contributed by atoms with Crippen molar-refractivity contribution >= 4 is 40.2 Å². The van der Waals surface area contributed by atoms with Crippen LogP contribution in [0.2, 0.25) is 0 Å². The highest BCUT2D eigenvalue weighted by atomic mass is 16.5. The fourth-order valence-corrected chi connectivity index (χ4v) is 4.86. The number of nitrogens with one attached hydrogen (secondary N) is 4. The summed E-state index contributed by atoms with van der Waals surface area (Å²) in [5.74, 6) is 0.331. The maximum atomic E-state index is 12.6. The van der Waals surface area contributed by atoms with Gasteiger partial charge in [-0.3, -0.25) is 20.4 Å². The van der Waals surface area contributed by atoms with E-state index in [1.165, 1.54) is 57.8 Å². The number of carbonyl (C=O) groups excluding carboxylic acids is 2. The topological polar surface area (TPSA) is 121 Å². The number of benzene rings is 3. The van der Waals surface area contributed by atoms with Gasteiger partial charge < -0.3 is 25.2 Å². The van der Waals surface area contributed by atoms with Gasteiger partial charge >= 0.3 is 0 Å². The predicted molar refractivity (Wildman–Crippen MR) is 175 cm³/mol. The average molecular weight is 593 g/mol. The first kappa shape index (κ1) is 33.5. The normalized spacial score (nSPS) is 10.8. The Balaban J connectivity index is 1.38. The van der Waals surface area contributed by atoms with E-state index in [9.17, 15) is 14.7 Å². The molecule has 0 heterocycles. The molecule has 234 valence electrons. The number of hydrogen-bond donors (Lipinski definition) is 5. The van der Waals surface area contributed by atoms with E-state index in [1.54, 1.807) is 30.3 Å².